The van der Waals surface area contributed by atoms with Gasteiger partial charge in [-0.1, -0.05) is 23.2 Å². The number of nitrogens with one attached hydrogen (secondary N) is 1. The van der Waals surface area contributed by atoms with E-state index < -0.39 is 0 Å². The molecule has 0 aliphatic heterocycles. The molecule has 0 unspecified atom stereocenters. The molecule has 1 N–H and O–H groups in total. The van der Waals surface area contributed by atoms with Crippen LogP contribution in [0.4, 0.5) is 0 Å². The summed E-state index contributed by atoms with van der Waals surface area (Å²) < 4.78 is 1.77. The van der Waals surface area contributed by atoms with E-state index in [0.717, 1.165) is 18.7 Å². The Labute approximate surface area is 110 Å². The minimum atomic E-state index is 0.598. The second kappa shape index (κ2) is 5.54. The van der Waals surface area contributed by atoms with Crippen LogP contribution in [0, 0.1) is 0 Å². The largest absolute Gasteiger partial charge is 0.319 e. The predicted molar refractivity (Wildman–Crippen MR) is 71.2 cm³/mol. The number of hydrogen-bond acceptors (Lipinski definition) is 2. The normalized spacial score (nSPS) is 10.8. The van der Waals surface area contributed by atoms with Gasteiger partial charge in [-0.15, -0.1) is 0 Å². The molecule has 0 atom stereocenters. The van der Waals surface area contributed by atoms with Crippen LogP contribution in [0.1, 0.15) is 5.56 Å². The molecule has 1 heterocycles. The highest BCUT2D eigenvalue weighted by Crippen LogP contribution is 2.24. The van der Waals surface area contributed by atoms with Gasteiger partial charge in [0.2, 0.25) is 0 Å². The van der Waals surface area contributed by atoms with Gasteiger partial charge in [-0.3, -0.25) is 0 Å². The van der Waals surface area contributed by atoms with Gasteiger partial charge < -0.3 is 5.32 Å². The van der Waals surface area contributed by atoms with Gasteiger partial charge in [-0.05, 0) is 43.8 Å². The summed E-state index contributed by atoms with van der Waals surface area (Å²) in [6.07, 6.45) is 4.77. The quantitative estimate of drug-likeness (QED) is 0.925. The van der Waals surface area contributed by atoms with Gasteiger partial charge in [0.1, 0.15) is 0 Å². The van der Waals surface area contributed by atoms with Gasteiger partial charge in [0.05, 0.1) is 16.9 Å². The Balaban J connectivity index is 2.24. The number of aromatic nitrogens is 2. The van der Waals surface area contributed by atoms with Crippen LogP contribution in [-0.4, -0.2) is 23.4 Å². The molecule has 0 radical (unpaired) electrons. The van der Waals surface area contributed by atoms with Gasteiger partial charge in [0.25, 0.3) is 0 Å². The number of nitrogens with zero attached hydrogens (tertiary/aromatic N) is 2. The number of likely N-dealkylation sites (N-methyl/N-ethyl adjacent to an activating group) is 1. The fourth-order valence-electron chi connectivity index (χ4n) is 1.56. The Kier molecular flexibility index (Phi) is 4.05. The van der Waals surface area contributed by atoms with Gasteiger partial charge in [0.15, 0.2) is 0 Å². The highest BCUT2D eigenvalue weighted by atomic mass is 35.5. The lowest BCUT2D eigenvalue weighted by Crippen LogP contribution is -2.09. The van der Waals surface area contributed by atoms with E-state index in [1.54, 1.807) is 16.8 Å². The van der Waals surface area contributed by atoms with Crippen LogP contribution in [0.15, 0.2) is 30.6 Å². The molecule has 0 aliphatic rings. The van der Waals surface area contributed by atoms with Crippen molar-refractivity contribution in [2.45, 2.75) is 6.42 Å². The average molecular weight is 270 g/mol. The molecule has 1 aromatic carbocycles. The Morgan fingerprint density at radius 1 is 1.35 bits per heavy atom. The highest BCUT2D eigenvalue weighted by Gasteiger charge is 2.05. The van der Waals surface area contributed by atoms with Crippen LogP contribution < -0.4 is 5.32 Å². The van der Waals surface area contributed by atoms with E-state index in [1.807, 2.05) is 25.5 Å². The van der Waals surface area contributed by atoms with Crippen molar-refractivity contribution in [3.63, 3.8) is 0 Å². The zero-order valence-electron chi connectivity index (χ0n) is 9.45. The maximum atomic E-state index is 6.12. The van der Waals surface area contributed by atoms with Crippen LogP contribution >= 0.6 is 23.2 Å². The van der Waals surface area contributed by atoms with E-state index in [4.69, 9.17) is 23.2 Å². The second-order valence-electron chi connectivity index (χ2n) is 3.74. The van der Waals surface area contributed by atoms with Crippen LogP contribution in [-0.2, 0) is 6.42 Å². The van der Waals surface area contributed by atoms with Gasteiger partial charge >= 0.3 is 0 Å². The van der Waals surface area contributed by atoms with Crippen molar-refractivity contribution in [1.82, 2.24) is 15.1 Å². The van der Waals surface area contributed by atoms with Crippen molar-refractivity contribution in [2.75, 3.05) is 13.6 Å². The van der Waals surface area contributed by atoms with E-state index in [2.05, 4.69) is 10.4 Å². The summed E-state index contributed by atoms with van der Waals surface area (Å²) in [6.45, 7) is 0.931. The third-order valence-corrected chi connectivity index (χ3v) is 2.99. The second-order valence-corrected chi connectivity index (χ2v) is 4.59. The molecule has 3 nitrogen and oxygen atoms in total. The first kappa shape index (κ1) is 12.4. The summed E-state index contributed by atoms with van der Waals surface area (Å²) in [7, 11) is 1.93. The number of halogens is 2. The zero-order chi connectivity index (χ0) is 12.3. The Hall–Kier alpha value is -1.03. The summed E-state index contributed by atoms with van der Waals surface area (Å²) in [5, 5.41) is 8.62. The first-order valence-corrected chi connectivity index (χ1v) is 6.10. The van der Waals surface area contributed by atoms with Crippen molar-refractivity contribution >= 4 is 23.2 Å². The molecule has 2 rings (SSSR count). The minimum absolute atomic E-state index is 0.598. The maximum absolute atomic E-state index is 6.12. The molecule has 5 heteroatoms. The molecule has 0 fully saturated rings. The van der Waals surface area contributed by atoms with Crippen LogP contribution in [0.5, 0.6) is 0 Å². The lowest BCUT2D eigenvalue weighted by molar-refractivity contribution is 0.791. The number of benzene rings is 1. The van der Waals surface area contributed by atoms with E-state index >= 15 is 0 Å². The lowest BCUT2D eigenvalue weighted by atomic mass is 10.2. The average Bonchev–Trinajstić information content (AvgIpc) is 2.75. The molecule has 2 aromatic rings. The Morgan fingerprint density at radius 2 is 2.18 bits per heavy atom. The molecule has 0 spiro atoms. The summed E-state index contributed by atoms with van der Waals surface area (Å²) in [5.41, 5.74) is 2.01. The Morgan fingerprint density at radius 3 is 2.88 bits per heavy atom. The molecule has 0 bridgehead atoms. The highest BCUT2D eigenvalue weighted by molar-refractivity contribution is 6.35. The van der Waals surface area contributed by atoms with E-state index in [1.165, 1.54) is 5.56 Å². The van der Waals surface area contributed by atoms with Crippen LogP contribution in [0.3, 0.4) is 0 Å². The third-order valence-electron chi connectivity index (χ3n) is 2.46. The minimum Gasteiger partial charge on any atom is -0.319 e. The first-order chi connectivity index (χ1) is 8.20. The van der Waals surface area contributed by atoms with Crippen LogP contribution in [0.2, 0.25) is 10.0 Å². The van der Waals surface area contributed by atoms with Gasteiger partial charge in [-0.25, -0.2) is 4.68 Å². The van der Waals surface area contributed by atoms with Crippen molar-refractivity contribution in [3.05, 3.63) is 46.2 Å². The summed E-state index contributed by atoms with van der Waals surface area (Å²) in [5.74, 6) is 0. The molecular weight excluding hydrogens is 257 g/mol. The Bertz CT molecular complexity index is 508. The number of rotatable bonds is 4. The van der Waals surface area contributed by atoms with Gasteiger partial charge in [0, 0.05) is 11.2 Å². The van der Waals surface area contributed by atoms with Crippen molar-refractivity contribution in [2.24, 2.45) is 0 Å². The molecule has 17 heavy (non-hydrogen) atoms. The standard InChI is InChI=1S/C12H13Cl2N3/c1-15-5-4-9-7-16-17(8-9)12-3-2-10(13)6-11(12)14/h2-3,6-8,15H,4-5H2,1H3. The zero-order valence-corrected chi connectivity index (χ0v) is 11.0. The SMILES string of the molecule is CNCCc1cnn(-c2ccc(Cl)cc2Cl)c1. The molecule has 0 aliphatic carbocycles. The summed E-state index contributed by atoms with van der Waals surface area (Å²) >= 11 is 12.0. The molecule has 0 saturated carbocycles. The number of hydrogen-bond donors (Lipinski definition) is 1. The summed E-state index contributed by atoms with van der Waals surface area (Å²) in [6, 6.07) is 5.38. The van der Waals surface area contributed by atoms with Crippen molar-refractivity contribution in [1.29, 1.82) is 0 Å². The molecule has 0 saturated heterocycles. The molecule has 0 amide bonds. The van der Waals surface area contributed by atoms with Gasteiger partial charge in [-0.2, -0.15) is 5.10 Å². The lowest BCUT2D eigenvalue weighted by Gasteiger charge is -2.04. The first-order valence-electron chi connectivity index (χ1n) is 5.34. The van der Waals surface area contributed by atoms with Crippen LogP contribution in [0.25, 0.3) is 5.69 Å². The fraction of sp³-hybridized carbons (Fsp3) is 0.250. The van der Waals surface area contributed by atoms with E-state index in [-0.39, 0.29) is 0 Å². The third kappa shape index (κ3) is 3.00. The molecular formula is C12H13Cl2N3. The molecule has 90 valence electrons. The monoisotopic (exact) mass is 269 g/mol. The summed E-state index contributed by atoms with van der Waals surface area (Å²) in [4.78, 5) is 0. The van der Waals surface area contributed by atoms with Crippen molar-refractivity contribution < 1.29 is 0 Å². The fourth-order valence-corrected chi connectivity index (χ4v) is 2.05. The van der Waals surface area contributed by atoms with E-state index in [0.29, 0.717) is 10.0 Å². The molecule has 1 aromatic heterocycles. The maximum Gasteiger partial charge on any atom is 0.0832 e. The van der Waals surface area contributed by atoms with Crippen molar-refractivity contribution in [3.8, 4) is 5.69 Å². The topological polar surface area (TPSA) is 29.9 Å². The van der Waals surface area contributed by atoms with E-state index in [9.17, 15) is 0 Å². The smallest absolute Gasteiger partial charge is 0.0832 e. The predicted octanol–water partition coefficient (Wildman–Crippen LogP) is 2.94.